The molecule has 0 unspecified atom stereocenters. The molecule has 7 heteroatoms. The zero-order chi connectivity index (χ0) is 17.0. The summed E-state index contributed by atoms with van der Waals surface area (Å²) in [6, 6.07) is 8.86. The third-order valence-electron chi connectivity index (χ3n) is 4.25. The smallest absolute Gasteiger partial charge is 0.307 e. The summed E-state index contributed by atoms with van der Waals surface area (Å²) in [5.74, 6) is 1.97. The molecule has 25 heavy (non-hydrogen) atoms. The number of ether oxygens (including phenoxy) is 4. The van der Waals surface area contributed by atoms with Crippen molar-refractivity contribution in [2.45, 2.75) is 6.42 Å². The van der Waals surface area contributed by atoms with Gasteiger partial charge in [-0.1, -0.05) is 0 Å². The SMILES string of the molecule is O=C(O)Cc1c(-c2ccc3c(c2)OCO3)oc2cc3c(cc12)OCO3. The van der Waals surface area contributed by atoms with Crippen molar-refractivity contribution < 1.29 is 33.3 Å². The number of hydrogen-bond donors (Lipinski definition) is 1. The maximum absolute atomic E-state index is 11.4. The fourth-order valence-electron chi connectivity index (χ4n) is 3.14. The van der Waals surface area contributed by atoms with E-state index in [2.05, 4.69) is 0 Å². The molecule has 0 atom stereocenters. The Morgan fingerprint density at radius 1 is 0.920 bits per heavy atom. The number of benzene rings is 2. The lowest BCUT2D eigenvalue weighted by Crippen LogP contribution is -2.00. The van der Waals surface area contributed by atoms with Crippen molar-refractivity contribution in [3.8, 4) is 34.3 Å². The molecule has 0 saturated carbocycles. The van der Waals surface area contributed by atoms with Crippen LogP contribution in [-0.2, 0) is 11.2 Å². The highest BCUT2D eigenvalue weighted by atomic mass is 16.7. The molecule has 0 radical (unpaired) electrons. The van der Waals surface area contributed by atoms with Crippen molar-refractivity contribution in [2.24, 2.45) is 0 Å². The molecule has 0 aliphatic carbocycles. The van der Waals surface area contributed by atoms with Gasteiger partial charge >= 0.3 is 5.97 Å². The number of rotatable bonds is 3. The van der Waals surface area contributed by atoms with Gasteiger partial charge in [-0.15, -0.1) is 0 Å². The summed E-state index contributed by atoms with van der Waals surface area (Å²) in [6.45, 7) is 0.313. The Bertz CT molecular complexity index is 1020. The second kappa shape index (κ2) is 5.07. The van der Waals surface area contributed by atoms with E-state index < -0.39 is 5.97 Å². The van der Waals surface area contributed by atoms with Crippen LogP contribution in [-0.4, -0.2) is 24.7 Å². The Balaban J connectivity index is 1.72. The number of carboxylic acids is 1. The molecule has 0 spiro atoms. The minimum atomic E-state index is -0.942. The van der Waals surface area contributed by atoms with Crippen molar-refractivity contribution in [1.29, 1.82) is 0 Å². The van der Waals surface area contributed by atoms with E-state index in [9.17, 15) is 9.90 Å². The van der Waals surface area contributed by atoms with E-state index in [-0.39, 0.29) is 20.0 Å². The van der Waals surface area contributed by atoms with E-state index in [0.29, 0.717) is 45.3 Å². The zero-order valence-corrected chi connectivity index (χ0v) is 12.9. The first-order chi connectivity index (χ1) is 12.2. The van der Waals surface area contributed by atoms with Crippen molar-refractivity contribution in [3.05, 3.63) is 35.9 Å². The molecule has 2 aliphatic rings. The number of furan rings is 1. The molecule has 0 bridgehead atoms. The van der Waals surface area contributed by atoms with E-state index in [1.54, 1.807) is 24.3 Å². The first-order valence-electron chi connectivity index (χ1n) is 7.66. The zero-order valence-electron chi connectivity index (χ0n) is 12.9. The topological polar surface area (TPSA) is 87.4 Å². The second-order valence-corrected chi connectivity index (χ2v) is 5.75. The van der Waals surface area contributed by atoms with Crippen LogP contribution in [0.3, 0.4) is 0 Å². The van der Waals surface area contributed by atoms with E-state index in [1.165, 1.54) is 0 Å². The van der Waals surface area contributed by atoms with Crippen LogP contribution < -0.4 is 18.9 Å². The van der Waals surface area contributed by atoms with Gasteiger partial charge in [0, 0.05) is 22.6 Å². The summed E-state index contributed by atoms with van der Waals surface area (Å²) in [5.41, 5.74) is 1.85. The molecule has 0 amide bonds. The van der Waals surface area contributed by atoms with Crippen molar-refractivity contribution in [1.82, 2.24) is 0 Å². The number of carboxylic acid groups (broad SMARTS) is 1. The molecule has 7 nitrogen and oxygen atoms in total. The van der Waals surface area contributed by atoms with Crippen LogP contribution >= 0.6 is 0 Å². The van der Waals surface area contributed by atoms with E-state index in [1.807, 2.05) is 6.07 Å². The Hall–Kier alpha value is -3.35. The summed E-state index contributed by atoms with van der Waals surface area (Å²) in [5, 5.41) is 10.0. The predicted molar refractivity (Wildman–Crippen MR) is 85.2 cm³/mol. The lowest BCUT2D eigenvalue weighted by Gasteiger charge is -2.03. The molecule has 2 aliphatic heterocycles. The summed E-state index contributed by atoms with van der Waals surface area (Å²) in [6.07, 6.45) is -0.170. The standard InChI is InChI=1S/C18H12O7/c19-17(20)5-11-10-4-15-16(24-8-23-15)6-13(10)25-18(11)9-1-2-12-14(3-9)22-7-21-12/h1-4,6H,5,7-8H2,(H,19,20). The van der Waals surface area contributed by atoms with E-state index >= 15 is 0 Å². The van der Waals surface area contributed by atoms with Gasteiger partial charge in [-0.3, -0.25) is 4.79 Å². The molecule has 3 heterocycles. The fourth-order valence-corrected chi connectivity index (χ4v) is 3.14. The highest BCUT2D eigenvalue weighted by molar-refractivity contribution is 5.93. The highest BCUT2D eigenvalue weighted by Gasteiger charge is 2.24. The van der Waals surface area contributed by atoms with Crippen LogP contribution in [0.2, 0.25) is 0 Å². The van der Waals surface area contributed by atoms with Gasteiger partial charge in [-0.2, -0.15) is 0 Å². The molecular weight excluding hydrogens is 328 g/mol. The minimum Gasteiger partial charge on any atom is -0.481 e. The van der Waals surface area contributed by atoms with Crippen LogP contribution in [0, 0.1) is 0 Å². The van der Waals surface area contributed by atoms with Crippen molar-refractivity contribution in [3.63, 3.8) is 0 Å². The van der Waals surface area contributed by atoms with E-state index in [0.717, 1.165) is 5.56 Å². The average Bonchev–Trinajstić information content (AvgIpc) is 3.30. The Labute approximate surface area is 141 Å². The third kappa shape index (κ3) is 2.16. The van der Waals surface area contributed by atoms with Gasteiger partial charge in [0.15, 0.2) is 23.0 Å². The average molecular weight is 340 g/mol. The van der Waals surface area contributed by atoms with Crippen LogP contribution in [0.4, 0.5) is 0 Å². The van der Waals surface area contributed by atoms with Gasteiger partial charge in [0.1, 0.15) is 11.3 Å². The maximum Gasteiger partial charge on any atom is 0.307 e. The molecule has 0 saturated heterocycles. The molecule has 2 aromatic carbocycles. The Kier molecular flexibility index (Phi) is 2.85. The maximum atomic E-state index is 11.4. The van der Waals surface area contributed by atoms with Crippen molar-refractivity contribution in [2.75, 3.05) is 13.6 Å². The second-order valence-electron chi connectivity index (χ2n) is 5.75. The molecule has 5 rings (SSSR count). The molecular formula is C18H12O7. The number of hydrogen-bond acceptors (Lipinski definition) is 6. The summed E-state index contributed by atoms with van der Waals surface area (Å²) < 4.78 is 27.5. The summed E-state index contributed by atoms with van der Waals surface area (Å²) in [4.78, 5) is 11.4. The van der Waals surface area contributed by atoms with Gasteiger partial charge in [-0.05, 0) is 24.3 Å². The largest absolute Gasteiger partial charge is 0.481 e. The predicted octanol–water partition coefficient (Wildman–Crippen LogP) is 3.18. The van der Waals surface area contributed by atoms with Crippen LogP contribution in [0.25, 0.3) is 22.3 Å². The fraction of sp³-hybridized carbons (Fsp3) is 0.167. The number of carbonyl (C=O) groups is 1. The minimum absolute atomic E-state index is 0.144. The normalized spacial score (nSPS) is 14.2. The monoisotopic (exact) mass is 340 g/mol. The lowest BCUT2D eigenvalue weighted by molar-refractivity contribution is -0.136. The molecule has 3 aromatic rings. The summed E-state index contributed by atoms with van der Waals surface area (Å²) in [7, 11) is 0. The Morgan fingerprint density at radius 3 is 2.36 bits per heavy atom. The molecule has 1 aromatic heterocycles. The first-order valence-corrected chi connectivity index (χ1v) is 7.66. The lowest BCUT2D eigenvalue weighted by atomic mass is 10.0. The van der Waals surface area contributed by atoms with Gasteiger partial charge in [0.2, 0.25) is 13.6 Å². The summed E-state index contributed by atoms with van der Waals surface area (Å²) >= 11 is 0. The van der Waals surface area contributed by atoms with Gasteiger partial charge in [0.25, 0.3) is 0 Å². The van der Waals surface area contributed by atoms with Gasteiger partial charge < -0.3 is 28.5 Å². The van der Waals surface area contributed by atoms with Gasteiger partial charge in [0.05, 0.1) is 6.42 Å². The Morgan fingerprint density at radius 2 is 1.60 bits per heavy atom. The quantitative estimate of drug-likeness (QED) is 0.783. The molecule has 126 valence electrons. The van der Waals surface area contributed by atoms with Crippen LogP contribution in [0.1, 0.15) is 5.56 Å². The first kappa shape index (κ1) is 14.0. The van der Waals surface area contributed by atoms with E-state index in [4.69, 9.17) is 23.4 Å². The van der Waals surface area contributed by atoms with Gasteiger partial charge in [-0.25, -0.2) is 0 Å². The van der Waals surface area contributed by atoms with Crippen LogP contribution in [0.15, 0.2) is 34.7 Å². The van der Waals surface area contributed by atoms with Crippen LogP contribution in [0.5, 0.6) is 23.0 Å². The molecule has 0 fully saturated rings. The third-order valence-corrected chi connectivity index (χ3v) is 4.25. The number of aliphatic carboxylic acids is 1. The molecule has 1 N–H and O–H groups in total. The highest BCUT2D eigenvalue weighted by Crippen LogP contribution is 2.43. The number of fused-ring (bicyclic) bond motifs is 3. The van der Waals surface area contributed by atoms with Crippen molar-refractivity contribution >= 4 is 16.9 Å².